The van der Waals surface area contributed by atoms with E-state index in [0.29, 0.717) is 42.3 Å². The number of pyridine rings is 1. The lowest BCUT2D eigenvalue weighted by atomic mass is 9.94. The van der Waals surface area contributed by atoms with Gasteiger partial charge in [-0.25, -0.2) is 9.18 Å². The van der Waals surface area contributed by atoms with Crippen molar-refractivity contribution in [2.75, 3.05) is 27.4 Å². The molecule has 1 aromatic carbocycles. The van der Waals surface area contributed by atoms with Gasteiger partial charge in [0, 0.05) is 38.3 Å². The third-order valence-electron chi connectivity index (χ3n) is 4.53. The number of rotatable bonds is 7. The van der Waals surface area contributed by atoms with Crippen molar-refractivity contribution in [2.45, 2.75) is 39.8 Å². The maximum absolute atomic E-state index is 14.8. The van der Waals surface area contributed by atoms with Gasteiger partial charge in [-0.15, -0.1) is 0 Å². The zero-order chi connectivity index (χ0) is 24.0. The summed E-state index contributed by atoms with van der Waals surface area (Å²) in [4.78, 5) is 23.3. The lowest BCUT2D eigenvalue weighted by molar-refractivity contribution is 0.0688. The molecule has 0 amide bonds. The Morgan fingerprint density at radius 1 is 1.22 bits per heavy atom. The van der Waals surface area contributed by atoms with Crippen LogP contribution in [0.5, 0.6) is 11.5 Å². The quantitative estimate of drug-likeness (QED) is 0.621. The Labute approximate surface area is 186 Å². The highest BCUT2D eigenvalue weighted by Gasteiger charge is 2.30. The summed E-state index contributed by atoms with van der Waals surface area (Å²) in [6.07, 6.45) is 0.468. The number of benzene rings is 1. The van der Waals surface area contributed by atoms with E-state index in [1.54, 1.807) is 13.2 Å². The van der Waals surface area contributed by atoms with E-state index in [4.69, 9.17) is 19.3 Å². The summed E-state index contributed by atoms with van der Waals surface area (Å²) >= 11 is 0. The minimum Gasteiger partial charge on any atom is -0.493 e. The molecule has 0 saturated heterocycles. The highest BCUT2D eigenvalue weighted by molar-refractivity contribution is 5.88. The van der Waals surface area contributed by atoms with E-state index in [-0.39, 0.29) is 12.1 Å². The van der Waals surface area contributed by atoms with Crippen LogP contribution in [0, 0.1) is 11.7 Å². The normalized spacial score (nSPS) is 14.2. The van der Waals surface area contributed by atoms with E-state index in [0.717, 1.165) is 16.7 Å². The average molecular weight is 451 g/mol. The number of hydrogen-bond acceptors (Lipinski definition) is 6. The van der Waals surface area contributed by atoms with Gasteiger partial charge in [-0.1, -0.05) is 20.8 Å². The number of carboxylic acid groups (broad SMARTS) is 1. The van der Waals surface area contributed by atoms with E-state index in [2.05, 4.69) is 20.8 Å². The average Bonchev–Trinajstić information content (AvgIpc) is 2.72. The van der Waals surface area contributed by atoms with E-state index in [9.17, 15) is 19.1 Å². The number of hydrogen-bond donors (Lipinski definition) is 2. The van der Waals surface area contributed by atoms with Crippen molar-refractivity contribution in [3.05, 3.63) is 45.5 Å². The maximum atomic E-state index is 14.8. The zero-order valence-electron chi connectivity index (χ0n) is 19.0. The molecule has 3 rings (SSSR count). The van der Waals surface area contributed by atoms with Crippen molar-refractivity contribution >= 4 is 5.97 Å². The largest absolute Gasteiger partial charge is 0.493 e. The number of carbonyl (C=O) groups is 1. The van der Waals surface area contributed by atoms with Crippen LogP contribution in [0.3, 0.4) is 0 Å². The fourth-order valence-corrected chi connectivity index (χ4v) is 3.19. The van der Waals surface area contributed by atoms with E-state index in [1.807, 2.05) is 0 Å². The second-order valence-corrected chi connectivity index (χ2v) is 8.02. The van der Waals surface area contributed by atoms with Crippen LogP contribution in [-0.2, 0) is 11.2 Å². The van der Waals surface area contributed by atoms with Crippen molar-refractivity contribution in [3.63, 3.8) is 0 Å². The molecule has 1 unspecified atom stereocenters. The van der Waals surface area contributed by atoms with Crippen LogP contribution < -0.4 is 14.9 Å². The Morgan fingerprint density at radius 2 is 1.88 bits per heavy atom. The SMILES string of the molecule is CC(C)C.COCCCOc1cc2c(cc1OC)-c1c(F)c(=O)c(C(=O)O)cn1C(O)C2. The Morgan fingerprint density at radius 3 is 2.44 bits per heavy atom. The van der Waals surface area contributed by atoms with Crippen molar-refractivity contribution in [1.82, 2.24) is 4.57 Å². The first-order valence-corrected chi connectivity index (χ1v) is 10.3. The zero-order valence-corrected chi connectivity index (χ0v) is 19.0. The molecule has 2 N–H and O–H groups in total. The number of carboxylic acids is 1. The Balaban J connectivity index is 0.000000837. The number of aromatic nitrogens is 1. The van der Waals surface area contributed by atoms with Crippen LogP contribution in [0.2, 0.25) is 0 Å². The number of fused-ring (bicyclic) bond motifs is 3. The predicted octanol–water partition coefficient (Wildman–Crippen LogP) is 3.49. The minimum atomic E-state index is -1.56. The van der Waals surface area contributed by atoms with Crippen LogP contribution in [0.25, 0.3) is 11.3 Å². The number of halogens is 1. The molecule has 1 aliphatic rings. The Bertz CT molecular complexity index is 1010. The summed E-state index contributed by atoms with van der Waals surface area (Å²) in [5.41, 5.74) is -1.28. The standard InChI is InChI=1S/C19H20FNO7.C4H10/c1-26-4-3-5-28-14-6-10-7-15(22)21-9-12(19(24)25)18(23)16(20)17(21)11(10)8-13(14)27-2;1-4(2)3/h6,8-9,15,22H,3-5,7H2,1-2H3,(H,24,25);4H,1-3H3. The Kier molecular flexibility index (Phi) is 8.80. The molecule has 0 aliphatic carbocycles. The molecular weight excluding hydrogens is 421 g/mol. The van der Waals surface area contributed by atoms with Crippen LogP contribution >= 0.6 is 0 Å². The fourth-order valence-electron chi connectivity index (χ4n) is 3.19. The van der Waals surface area contributed by atoms with Crippen molar-refractivity contribution in [2.24, 2.45) is 5.92 Å². The summed E-state index contributed by atoms with van der Waals surface area (Å²) in [5, 5.41) is 19.5. The smallest absolute Gasteiger partial charge is 0.341 e. The summed E-state index contributed by atoms with van der Waals surface area (Å²) in [6, 6.07) is 3.14. The predicted molar refractivity (Wildman–Crippen MR) is 117 cm³/mol. The molecule has 1 aromatic heterocycles. The minimum absolute atomic E-state index is 0.0854. The van der Waals surface area contributed by atoms with Gasteiger partial charge in [0.2, 0.25) is 5.43 Å². The summed E-state index contributed by atoms with van der Waals surface area (Å²) < 4.78 is 31.8. The van der Waals surface area contributed by atoms with Crippen LogP contribution in [0.15, 0.2) is 23.1 Å². The highest BCUT2D eigenvalue weighted by Crippen LogP contribution is 2.41. The first kappa shape index (κ1) is 25.4. The summed E-state index contributed by atoms with van der Waals surface area (Å²) in [6.45, 7) is 7.40. The molecule has 176 valence electrons. The molecule has 0 bridgehead atoms. The van der Waals surface area contributed by atoms with E-state index in [1.165, 1.54) is 13.2 Å². The lowest BCUT2D eigenvalue weighted by Crippen LogP contribution is -2.28. The van der Waals surface area contributed by atoms with Gasteiger partial charge in [-0.3, -0.25) is 4.79 Å². The van der Waals surface area contributed by atoms with Gasteiger partial charge in [0.05, 0.1) is 19.4 Å². The molecule has 8 nitrogen and oxygen atoms in total. The van der Waals surface area contributed by atoms with Gasteiger partial charge in [-0.05, 0) is 23.6 Å². The number of ether oxygens (including phenoxy) is 3. The fraction of sp³-hybridized carbons (Fsp3) is 0.478. The molecule has 0 fully saturated rings. The van der Waals surface area contributed by atoms with Gasteiger partial charge in [0.15, 0.2) is 17.3 Å². The van der Waals surface area contributed by atoms with Crippen LogP contribution in [0.1, 0.15) is 49.3 Å². The second-order valence-electron chi connectivity index (χ2n) is 8.02. The number of aliphatic hydroxyl groups excluding tert-OH is 1. The van der Waals surface area contributed by atoms with Crippen molar-refractivity contribution < 1.29 is 33.6 Å². The van der Waals surface area contributed by atoms with Crippen molar-refractivity contribution in [3.8, 4) is 22.8 Å². The summed E-state index contributed by atoms with van der Waals surface area (Å²) in [7, 11) is 3.02. The van der Waals surface area contributed by atoms with Crippen molar-refractivity contribution in [1.29, 1.82) is 0 Å². The number of nitrogens with zero attached hydrogens (tertiary/aromatic N) is 1. The number of methoxy groups -OCH3 is 2. The highest BCUT2D eigenvalue weighted by atomic mass is 19.1. The number of aromatic carboxylic acids is 1. The second kappa shape index (κ2) is 11.1. The lowest BCUT2D eigenvalue weighted by Gasteiger charge is -2.28. The molecule has 0 saturated carbocycles. The Hall–Kier alpha value is -2.91. The topological polar surface area (TPSA) is 107 Å². The first-order valence-electron chi connectivity index (χ1n) is 10.3. The molecule has 0 radical (unpaired) electrons. The third kappa shape index (κ3) is 5.66. The molecule has 2 aromatic rings. The molecule has 32 heavy (non-hydrogen) atoms. The van der Waals surface area contributed by atoms with E-state index >= 15 is 0 Å². The van der Waals surface area contributed by atoms with Gasteiger partial charge >= 0.3 is 5.97 Å². The van der Waals surface area contributed by atoms with E-state index < -0.39 is 29.0 Å². The molecule has 0 spiro atoms. The third-order valence-corrected chi connectivity index (χ3v) is 4.53. The van der Waals surface area contributed by atoms with Gasteiger partial charge < -0.3 is 29.0 Å². The molecule has 2 heterocycles. The monoisotopic (exact) mass is 451 g/mol. The van der Waals surface area contributed by atoms with Crippen LogP contribution in [0.4, 0.5) is 4.39 Å². The van der Waals surface area contributed by atoms with Gasteiger partial charge in [0.25, 0.3) is 0 Å². The van der Waals surface area contributed by atoms with Gasteiger partial charge in [0.1, 0.15) is 11.8 Å². The molecular formula is C23H30FNO7. The molecule has 1 atom stereocenters. The van der Waals surface area contributed by atoms with Gasteiger partial charge in [-0.2, -0.15) is 0 Å². The van der Waals surface area contributed by atoms with Crippen LogP contribution in [-0.4, -0.2) is 48.2 Å². The number of aliphatic hydroxyl groups is 1. The molecule has 9 heteroatoms. The maximum Gasteiger partial charge on any atom is 0.341 e. The first-order chi connectivity index (χ1) is 15.1. The summed E-state index contributed by atoms with van der Waals surface area (Å²) in [5.74, 6) is -1.22. The molecule has 1 aliphatic heterocycles.